The molecule has 0 aliphatic rings. The molecule has 3 aromatic rings. The van der Waals surface area contributed by atoms with Gasteiger partial charge in [0, 0.05) is 28.4 Å². The van der Waals surface area contributed by atoms with Crippen molar-refractivity contribution >= 4 is 27.5 Å². The first-order chi connectivity index (χ1) is 10.1. The first-order valence-corrected chi connectivity index (χ1v) is 7.07. The number of aromatic nitrogens is 2. The van der Waals surface area contributed by atoms with Crippen LogP contribution < -0.4 is 0 Å². The van der Waals surface area contributed by atoms with E-state index in [0.29, 0.717) is 4.88 Å². The summed E-state index contributed by atoms with van der Waals surface area (Å²) in [7, 11) is 0. The highest BCUT2D eigenvalue weighted by Crippen LogP contribution is 2.36. The smallest absolute Gasteiger partial charge is 0.261 e. The average Bonchev–Trinajstić information content (AvgIpc) is 3.04. The van der Waals surface area contributed by atoms with Gasteiger partial charge in [-0.1, -0.05) is 0 Å². The third kappa shape index (κ3) is 2.18. The second-order valence-corrected chi connectivity index (χ2v) is 5.62. The summed E-state index contributed by atoms with van der Waals surface area (Å²) in [6, 6.07) is 5.73. The van der Waals surface area contributed by atoms with Crippen molar-refractivity contribution in [1.82, 2.24) is 9.55 Å². The number of carbonyl (C=O) groups excluding carboxylic acids is 1. The van der Waals surface area contributed by atoms with Gasteiger partial charge in [-0.3, -0.25) is 4.79 Å². The molecule has 0 spiro atoms. The number of hydrogen-bond acceptors (Lipinski definition) is 3. The molecule has 0 aliphatic heterocycles. The van der Waals surface area contributed by atoms with E-state index >= 15 is 0 Å². The van der Waals surface area contributed by atoms with E-state index in [1.54, 1.807) is 0 Å². The van der Waals surface area contributed by atoms with Crippen molar-refractivity contribution < 1.29 is 4.79 Å². The predicted molar refractivity (Wildman–Crippen MR) is 81.9 cm³/mol. The molecule has 0 radical (unpaired) electrons. The van der Waals surface area contributed by atoms with Gasteiger partial charge in [-0.2, -0.15) is 0 Å². The van der Waals surface area contributed by atoms with Crippen LogP contribution in [0, 0.1) is 13.8 Å². The summed E-state index contributed by atoms with van der Waals surface area (Å²) in [5.74, 6) is -0.582. The van der Waals surface area contributed by atoms with Gasteiger partial charge < -0.3 is 4.57 Å². The van der Waals surface area contributed by atoms with E-state index in [9.17, 15) is 4.79 Å². The van der Waals surface area contributed by atoms with Crippen LogP contribution in [0.2, 0.25) is 0 Å². The number of amides is 1. The molecule has 3 heterocycles. The Morgan fingerprint density at radius 3 is 2.76 bits per heavy atom. The van der Waals surface area contributed by atoms with Crippen LogP contribution in [-0.4, -0.2) is 15.5 Å². The van der Waals surface area contributed by atoms with Crippen molar-refractivity contribution in [2.45, 2.75) is 13.8 Å². The van der Waals surface area contributed by atoms with Gasteiger partial charge in [0.1, 0.15) is 9.71 Å². The van der Waals surface area contributed by atoms with Crippen molar-refractivity contribution in [2.75, 3.05) is 0 Å². The lowest BCUT2D eigenvalue weighted by atomic mass is 10.1. The number of fused-ring (bicyclic) bond motifs is 1. The zero-order valence-electron chi connectivity index (χ0n) is 11.4. The monoisotopic (exact) mass is 297 g/mol. The SMILES string of the molecule is Cc1cc(C)c2c(-n3cccc3)c(C(=O)N=[N+]=[N-])sc2n1. The zero-order valence-corrected chi connectivity index (χ0v) is 12.3. The number of azide groups is 1. The van der Waals surface area contributed by atoms with E-state index in [1.165, 1.54) is 11.3 Å². The van der Waals surface area contributed by atoms with Crippen LogP contribution in [0.5, 0.6) is 0 Å². The number of nitrogens with zero attached hydrogens (tertiary/aromatic N) is 5. The van der Waals surface area contributed by atoms with Gasteiger partial charge in [0.2, 0.25) is 0 Å². The number of hydrogen-bond donors (Lipinski definition) is 0. The van der Waals surface area contributed by atoms with Gasteiger partial charge in [-0.25, -0.2) is 4.98 Å². The van der Waals surface area contributed by atoms with Crippen molar-refractivity contribution in [3.8, 4) is 5.69 Å². The van der Waals surface area contributed by atoms with E-state index in [-0.39, 0.29) is 0 Å². The second-order valence-electron chi connectivity index (χ2n) is 4.63. The lowest BCUT2D eigenvalue weighted by Crippen LogP contribution is -1.99. The Morgan fingerprint density at radius 1 is 1.38 bits per heavy atom. The molecule has 7 heteroatoms. The number of pyridine rings is 1. The van der Waals surface area contributed by atoms with Crippen LogP contribution in [0.25, 0.3) is 26.3 Å². The predicted octanol–water partition coefficient (Wildman–Crippen LogP) is 4.15. The van der Waals surface area contributed by atoms with Gasteiger partial charge in [0.25, 0.3) is 5.91 Å². The maximum absolute atomic E-state index is 12.1. The van der Waals surface area contributed by atoms with Crippen molar-refractivity contribution in [3.63, 3.8) is 0 Å². The minimum Gasteiger partial charge on any atom is -0.322 e. The molecule has 0 saturated carbocycles. The fourth-order valence-corrected chi connectivity index (χ4v) is 3.56. The summed E-state index contributed by atoms with van der Waals surface area (Å²) in [5, 5.41) is 4.14. The number of aryl methyl sites for hydroxylation is 2. The van der Waals surface area contributed by atoms with Crippen LogP contribution in [0.15, 0.2) is 35.7 Å². The second kappa shape index (κ2) is 5.05. The molecule has 0 unspecified atom stereocenters. The number of thiophene rings is 1. The summed E-state index contributed by atoms with van der Waals surface area (Å²) >= 11 is 1.25. The highest BCUT2D eigenvalue weighted by molar-refractivity contribution is 7.21. The molecule has 0 fully saturated rings. The van der Waals surface area contributed by atoms with E-state index in [2.05, 4.69) is 15.0 Å². The first-order valence-electron chi connectivity index (χ1n) is 6.25. The van der Waals surface area contributed by atoms with Crippen LogP contribution in [-0.2, 0) is 0 Å². The number of carbonyl (C=O) groups is 1. The maximum atomic E-state index is 12.1. The van der Waals surface area contributed by atoms with Gasteiger partial charge >= 0.3 is 0 Å². The van der Waals surface area contributed by atoms with E-state index in [4.69, 9.17) is 5.53 Å². The molecule has 3 rings (SSSR count). The van der Waals surface area contributed by atoms with E-state index < -0.39 is 5.91 Å². The Bertz CT molecular complexity index is 888. The molecule has 104 valence electrons. The van der Waals surface area contributed by atoms with Gasteiger partial charge in [-0.05, 0) is 48.3 Å². The Morgan fingerprint density at radius 2 is 2.10 bits per heavy atom. The highest BCUT2D eigenvalue weighted by atomic mass is 32.1. The molecular weight excluding hydrogens is 286 g/mol. The summed E-state index contributed by atoms with van der Waals surface area (Å²) < 4.78 is 1.85. The Labute approximate surface area is 124 Å². The number of rotatable bonds is 2. The molecule has 0 atom stereocenters. The highest BCUT2D eigenvalue weighted by Gasteiger charge is 2.21. The molecule has 1 amide bonds. The molecule has 0 aromatic carbocycles. The summed E-state index contributed by atoms with van der Waals surface area (Å²) in [6.45, 7) is 3.90. The van der Waals surface area contributed by atoms with Crippen molar-refractivity contribution in [3.05, 3.63) is 57.2 Å². The standard InChI is InChI=1S/C14H11N5OS/c1-8-7-9(2)16-14-10(8)11(19-5-3-4-6-19)12(21-14)13(20)17-18-15/h3-7H,1-2H3. The molecule has 21 heavy (non-hydrogen) atoms. The molecule has 3 aromatic heterocycles. The fraction of sp³-hybridized carbons (Fsp3) is 0.143. The molecule has 0 bridgehead atoms. The quantitative estimate of drug-likeness (QED) is 0.404. The third-order valence-corrected chi connectivity index (χ3v) is 4.22. The van der Waals surface area contributed by atoms with E-state index in [1.807, 2.05) is 49.0 Å². The molecular formula is C14H11N5OS. The van der Waals surface area contributed by atoms with Crippen molar-refractivity contribution in [1.29, 1.82) is 0 Å². The molecule has 0 aliphatic carbocycles. The minimum absolute atomic E-state index is 0.403. The van der Waals surface area contributed by atoms with Gasteiger partial charge in [-0.15, -0.1) is 11.3 Å². The summed E-state index contributed by atoms with van der Waals surface area (Å²) in [5.41, 5.74) is 11.2. The zero-order chi connectivity index (χ0) is 15.0. The van der Waals surface area contributed by atoms with Crippen molar-refractivity contribution in [2.24, 2.45) is 5.11 Å². The first kappa shape index (κ1) is 13.4. The lowest BCUT2D eigenvalue weighted by Gasteiger charge is -2.06. The average molecular weight is 297 g/mol. The third-order valence-electron chi connectivity index (χ3n) is 3.15. The Kier molecular flexibility index (Phi) is 3.21. The maximum Gasteiger partial charge on any atom is 0.261 e. The van der Waals surface area contributed by atoms with Crippen LogP contribution in [0.3, 0.4) is 0 Å². The van der Waals surface area contributed by atoms with Gasteiger partial charge in [0.15, 0.2) is 0 Å². The largest absolute Gasteiger partial charge is 0.322 e. The fourth-order valence-electron chi connectivity index (χ4n) is 2.38. The van der Waals surface area contributed by atoms with Crippen LogP contribution in [0.1, 0.15) is 20.9 Å². The van der Waals surface area contributed by atoms with Crippen LogP contribution >= 0.6 is 11.3 Å². The Balaban J connectivity index is 2.42. The topological polar surface area (TPSA) is 83.7 Å². The molecule has 6 nitrogen and oxygen atoms in total. The summed E-state index contributed by atoms with van der Waals surface area (Å²) in [4.78, 5) is 20.3. The minimum atomic E-state index is -0.582. The lowest BCUT2D eigenvalue weighted by molar-refractivity contribution is 0.100. The normalized spacial score (nSPS) is 10.6. The van der Waals surface area contributed by atoms with E-state index in [0.717, 1.165) is 27.2 Å². The van der Waals surface area contributed by atoms with Crippen LogP contribution in [0.4, 0.5) is 0 Å². The molecule has 0 saturated heterocycles. The van der Waals surface area contributed by atoms with Gasteiger partial charge in [0.05, 0.1) is 5.69 Å². The Hall–Kier alpha value is -2.63. The molecule has 0 N–H and O–H groups in total. The summed E-state index contributed by atoms with van der Waals surface area (Å²) in [6.07, 6.45) is 3.71.